The average molecular weight is 473 g/mol. The van der Waals surface area contributed by atoms with Crippen molar-refractivity contribution in [3.63, 3.8) is 0 Å². The molecule has 33 heavy (non-hydrogen) atoms. The van der Waals surface area contributed by atoms with Gasteiger partial charge in [-0.05, 0) is 67.7 Å². The molecular weight excluding hydrogens is 438 g/mol. The third-order valence-electron chi connectivity index (χ3n) is 7.43. The van der Waals surface area contributed by atoms with E-state index >= 15 is 8.78 Å². The van der Waals surface area contributed by atoms with E-state index in [9.17, 15) is 0 Å². The third-order valence-corrected chi connectivity index (χ3v) is 8.63. The van der Waals surface area contributed by atoms with Crippen molar-refractivity contribution in [2.45, 2.75) is 71.1 Å². The normalized spacial score (nSPS) is 21.1. The van der Waals surface area contributed by atoms with Gasteiger partial charge < -0.3 is 9.47 Å². The van der Waals surface area contributed by atoms with Crippen molar-refractivity contribution >= 4 is 31.5 Å². The molecule has 0 amide bonds. The lowest BCUT2D eigenvalue weighted by molar-refractivity contribution is 0.173. The van der Waals surface area contributed by atoms with Gasteiger partial charge in [0.15, 0.2) is 23.1 Å². The van der Waals surface area contributed by atoms with Crippen LogP contribution in [0.4, 0.5) is 8.78 Å². The summed E-state index contributed by atoms with van der Waals surface area (Å²) in [4.78, 5) is 0. The summed E-state index contributed by atoms with van der Waals surface area (Å²) in [6.07, 6.45) is 12.2. The Kier molecular flexibility index (Phi) is 7.05. The molecule has 2 aliphatic carbocycles. The van der Waals surface area contributed by atoms with Gasteiger partial charge in [-0.3, -0.25) is 0 Å². The van der Waals surface area contributed by atoms with Crippen LogP contribution in [0, 0.1) is 29.4 Å². The van der Waals surface area contributed by atoms with E-state index < -0.39 is 5.82 Å². The van der Waals surface area contributed by atoms with Crippen LogP contribution in [-0.4, -0.2) is 13.2 Å². The molecule has 2 saturated carbocycles. The van der Waals surface area contributed by atoms with Crippen LogP contribution >= 0.6 is 11.3 Å². The summed E-state index contributed by atoms with van der Waals surface area (Å²) in [6, 6.07) is 7.07. The van der Waals surface area contributed by atoms with Gasteiger partial charge >= 0.3 is 0 Å². The summed E-state index contributed by atoms with van der Waals surface area (Å²) in [5.74, 6) is 2.15. The summed E-state index contributed by atoms with van der Waals surface area (Å²) < 4.78 is 42.9. The van der Waals surface area contributed by atoms with Crippen molar-refractivity contribution in [3.8, 4) is 11.5 Å². The van der Waals surface area contributed by atoms with Gasteiger partial charge in [-0.1, -0.05) is 45.4 Å². The van der Waals surface area contributed by atoms with E-state index in [4.69, 9.17) is 9.47 Å². The second-order valence-electron chi connectivity index (χ2n) is 10.0. The highest BCUT2D eigenvalue weighted by Crippen LogP contribution is 2.43. The highest BCUT2D eigenvalue weighted by atomic mass is 32.1. The third kappa shape index (κ3) is 5.13. The van der Waals surface area contributed by atoms with E-state index in [0.717, 1.165) is 53.2 Å². The van der Waals surface area contributed by atoms with Gasteiger partial charge in [0, 0.05) is 10.8 Å². The summed E-state index contributed by atoms with van der Waals surface area (Å²) in [7, 11) is 0. The fraction of sp³-hybridized carbons (Fsp3) is 0.571. The molecule has 5 rings (SSSR count). The van der Waals surface area contributed by atoms with E-state index in [-0.39, 0.29) is 17.3 Å². The Morgan fingerprint density at radius 3 is 1.88 bits per heavy atom. The zero-order chi connectivity index (χ0) is 22.8. The van der Waals surface area contributed by atoms with Crippen molar-refractivity contribution in [2.24, 2.45) is 17.8 Å². The maximum Gasteiger partial charge on any atom is 0.182 e. The molecule has 1 heterocycles. The largest absolute Gasteiger partial charge is 0.490 e. The zero-order valence-electron chi connectivity index (χ0n) is 19.5. The molecule has 0 spiro atoms. The number of fused-ring (bicyclic) bond motifs is 3. The zero-order valence-corrected chi connectivity index (χ0v) is 20.3. The average Bonchev–Trinajstić information content (AvgIpc) is 3.56. The second kappa shape index (κ2) is 10.2. The minimum Gasteiger partial charge on any atom is -0.490 e. The van der Waals surface area contributed by atoms with Crippen LogP contribution in [-0.2, 0) is 0 Å². The van der Waals surface area contributed by atoms with Gasteiger partial charge in [0.1, 0.15) is 0 Å². The molecule has 0 N–H and O–H groups in total. The number of hydrogen-bond acceptors (Lipinski definition) is 3. The molecule has 2 nitrogen and oxygen atoms in total. The predicted octanol–water partition coefficient (Wildman–Crippen LogP) is 8.89. The van der Waals surface area contributed by atoms with Crippen LogP contribution in [0.1, 0.15) is 71.1 Å². The summed E-state index contributed by atoms with van der Waals surface area (Å²) in [5.41, 5.74) is 0. The Bertz CT molecular complexity index is 1100. The predicted molar refractivity (Wildman–Crippen MR) is 133 cm³/mol. The topological polar surface area (TPSA) is 18.5 Å². The first-order valence-corrected chi connectivity index (χ1v) is 13.5. The molecule has 1 aromatic heterocycles. The standard InChI is InChI=1S/C28H34F2O2S/c1-2-3-4-15-31-23-13-11-21-22-12-14-24(26(30)28(22)33-27(21)25(23)29)32-17-20-9-7-19(8-10-20)16-18-5-6-18/h11-14,18-20H,2-10,15-17H2,1H3. The number of rotatable bonds is 10. The summed E-state index contributed by atoms with van der Waals surface area (Å²) in [5, 5.41) is 1.46. The Labute approximate surface area is 199 Å². The quantitative estimate of drug-likeness (QED) is 0.274. The SMILES string of the molecule is CCCCCOc1ccc2c(sc3c(F)c(OCC4CCC(CC5CC5)CC4)ccc32)c1F. The van der Waals surface area contributed by atoms with Gasteiger partial charge in [0.05, 0.1) is 22.6 Å². The lowest BCUT2D eigenvalue weighted by Gasteiger charge is -2.28. The molecule has 0 unspecified atom stereocenters. The smallest absolute Gasteiger partial charge is 0.182 e. The lowest BCUT2D eigenvalue weighted by Crippen LogP contribution is -2.20. The molecule has 0 radical (unpaired) electrons. The Hall–Kier alpha value is -1.88. The number of benzene rings is 2. The Balaban J connectivity index is 1.27. The van der Waals surface area contributed by atoms with Gasteiger partial charge in [-0.15, -0.1) is 11.3 Å². The molecule has 0 saturated heterocycles. The molecule has 3 aromatic rings. The minimum absolute atomic E-state index is 0.249. The molecule has 178 valence electrons. The van der Waals surface area contributed by atoms with Gasteiger partial charge in [-0.25, -0.2) is 8.78 Å². The van der Waals surface area contributed by atoms with Crippen molar-refractivity contribution in [1.29, 1.82) is 0 Å². The monoisotopic (exact) mass is 472 g/mol. The first-order valence-electron chi connectivity index (χ1n) is 12.7. The molecular formula is C28H34F2O2S. The fourth-order valence-electron chi connectivity index (χ4n) is 5.23. The van der Waals surface area contributed by atoms with E-state index in [1.54, 1.807) is 12.1 Å². The first kappa shape index (κ1) is 22.9. The minimum atomic E-state index is -0.393. The summed E-state index contributed by atoms with van der Waals surface area (Å²) >= 11 is 1.15. The molecule has 2 fully saturated rings. The molecule has 0 aliphatic heterocycles. The molecule has 5 heteroatoms. The maximum absolute atomic E-state index is 15.3. The number of halogens is 2. The van der Waals surface area contributed by atoms with E-state index in [1.807, 2.05) is 12.1 Å². The van der Waals surface area contributed by atoms with Crippen LogP contribution in [0.15, 0.2) is 24.3 Å². The highest BCUT2D eigenvalue weighted by molar-refractivity contribution is 7.25. The van der Waals surface area contributed by atoms with Crippen LogP contribution in [0.2, 0.25) is 0 Å². The van der Waals surface area contributed by atoms with Crippen LogP contribution in [0.25, 0.3) is 20.2 Å². The van der Waals surface area contributed by atoms with E-state index in [2.05, 4.69) is 6.92 Å². The molecule has 0 atom stereocenters. The molecule has 0 bridgehead atoms. The van der Waals surface area contributed by atoms with Crippen LogP contribution < -0.4 is 9.47 Å². The first-order chi connectivity index (χ1) is 16.1. The number of hydrogen-bond donors (Lipinski definition) is 0. The van der Waals surface area contributed by atoms with Crippen molar-refractivity contribution in [2.75, 3.05) is 13.2 Å². The van der Waals surface area contributed by atoms with Crippen LogP contribution in [0.3, 0.4) is 0 Å². The lowest BCUT2D eigenvalue weighted by atomic mass is 9.80. The Morgan fingerprint density at radius 2 is 1.30 bits per heavy atom. The van der Waals surface area contributed by atoms with Crippen LogP contribution in [0.5, 0.6) is 11.5 Å². The summed E-state index contributed by atoms with van der Waals surface area (Å²) in [6.45, 7) is 3.18. The highest BCUT2D eigenvalue weighted by Gasteiger charge is 2.29. The number of ether oxygens (including phenoxy) is 2. The van der Waals surface area contributed by atoms with Gasteiger partial charge in [0.25, 0.3) is 0 Å². The van der Waals surface area contributed by atoms with E-state index in [1.165, 1.54) is 44.9 Å². The van der Waals surface area contributed by atoms with Crippen molar-refractivity contribution in [3.05, 3.63) is 35.9 Å². The Morgan fingerprint density at radius 1 is 0.758 bits per heavy atom. The maximum atomic E-state index is 15.3. The number of thiophene rings is 1. The van der Waals surface area contributed by atoms with Crippen molar-refractivity contribution in [1.82, 2.24) is 0 Å². The second-order valence-corrected chi connectivity index (χ2v) is 11.1. The van der Waals surface area contributed by atoms with Gasteiger partial charge in [0.2, 0.25) is 0 Å². The number of unbranched alkanes of at least 4 members (excludes halogenated alkanes) is 2. The van der Waals surface area contributed by atoms with Crippen molar-refractivity contribution < 1.29 is 18.3 Å². The van der Waals surface area contributed by atoms with Gasteiger partial charge in [-0.2, -0.15) is 0 Å². The van der Waals surface area contributed by atoms with E-state index in [0.29, 0.717) is 28.5 Å². The molecule has 2 aromatic carbocycles. The molecule has 2 aliphatic rings. The fourth-order valence-corrected chi connectivity index (χ4v) is 6.39.